The lowest BCUT2D eigenvalue weighted by Gasteiger charge is -2.07. The van der Waals surface area contributed by atoms with E-state index in [1.54, 1.807) is 13.3 Å². The van der Waals surface area contributed by atoms with Gasteiger partial charge in [-0.05, 0) is 24.3 Å². The highest BCUT2D eigenvalue weighted by Gasteiger charge is 1.97. The van der Waals surface area contributed by atoms with Crippen LogP contribution in [0, 0.1) is 0 Å². The highest BCUT2D eigenvalue weighted by Crippen LogP contribution is 2.17. The van der Waals surface area contributed by atoms with E-state index in [0.29, 0.717) is 6.54 Å². The molecule has 3 nitrogen and oxygen atoms in total. The molecule has 0 aliphatic heterocycles. The highest BCUT2D eigenvalue weighted by atomic mass is 79.9. The standard InChI is InChI=1S/C13H13BrN2O/c1-17-13-4-2-3-11(8-13)16-9-12-7-10(14)5-6-15-12/h2-8,16H,9H2,1H3. The molecule has 1 N–H and O–H groups in total. The maximum atomic E-state index is 5.16. The summed E-state index contributed by atoms with van der Waals surface area (Å²) in [5, 5.41) is 3.30. The van der Waals surface area contributed by atoms with Gasteiger partial charge in [-0.1, -0.05) is 22.0 Å². The maximum Gasteiger partial charge on any atom is 0.120 e. The zero-order valence-corrected chi connectivity index (χ0v) is 11.1. The van der Waals surface area contributed by atoms with Crippen LogP contribution in [-0.2, 0) is 6.54 Å². The molecule has 2 rings (SSSR count). The summed E-state index contributed by atoms with van der Waals surface area (Å²) < 4.78 is 6.20. The highest BCUT2D eigenvalue weighted by molar-refractivity contribution is 9.10. The van der Waals surface area contributed by atoms with Gasteiger partial charge in [0.2, 0.25) is 0 Å². The second-order valence-corrected chi connectivity index (χ2v) is 4.47. The Kier molecular flexibility index (Phi) is 3.98. The van der Waals surface area contributed by atoms with E-state index in [9.17, 15) is 0 Å². The number of aromatic nitrogens is 1. The number of hydrogen-bond acceptors (Lipinski definition) is 3. The minimum atomic E-state index is 0.687. The van der Waals surface area contributed by atoms with E-state index in [2.05, 4.69) is 26.2 Å². The zero-order valence-electron chi connectivity index (χ0n) is 9.48. The van der Waals surface area contributed by atoms with Crippen molar-refractivity contribution in [2.24, 2.45) is 0 Å². The van der Waals surface area contributed by atoms with Crippen molar-refractivity contribution in [3.05, 3.63) is 52.8 Å². The minimum absolute atomic E-state index is 0.687. The largest absolute Gasteiger partial charge is 0.497 e. The maximum absolute atomic E-state index is 5.16. The van der Waals surface area contributed by atoms with Gasteiger partial charge >= 0.3 is 0 Å². The molecule has 0 amide bonds. The van der Waals surface area contributed by atoms with Gasteiger partial charge < -0.3 is 10.1 Å². The van der Waals surface area contributed by atoms with Gasteiger partial charge in [0.1, 0.15) is 5.75 Å². The smallest absolute Gasteiger partial charge is 0.120 e. The van der Waals surface area contributed by atoms with Crippen molar-refractivity contribution in [3.8, 4) is 5.75 Å². The Bertz CT molecular complexity index is 502. The molecule has 0 aliphatic rings. The van der Waals surface area contributed by atoms with Crippen LogP contribution in [0.1, 0.15) is 5.69 Å². The fourth-order valence-electron chi connectivity index (χ4n) is 1.47. The van der Waals surface area contributed by atoms with Gasteiger partial charge in [-0.2, -0.15) is 0 Å². The van der Waals surface area contributed by atoms with Crippen molar-refractivity contribution in [2.45, 2.75) is 6.54 Å². The summed E-state index contributed by atoms with van der Waals surface area (Å²) in [4.78, 5) is 4.27. The van der Waals surface area contributed by atoms with E-state index < -0.39 is 0 Å². The Morgan fingerprint density at radius 3 is 2.94 bits per heavy atom. The number of nitrogens with one attached hydrogen (secondary N) is 1. The Hall–Kier alpha value is -1.55. The first-order chi connectivity index (χ1) is 8.28. The lowest BCUT2D eigenvalue weighted by Crippen LogP contribution is -2.01. The molecule has 0 unspecified atom stereocenters. The normalized spacial score (nSPS) is 10.0. The van der Waals surface area contributed by atoms with Crippen molar-refractivity contribution >= 4 is 21.6 Å². The third-order valence-corrected chi connectivity index (χ3v) is 2.82. The fraction of sp³-hybridized carbons (Fsp3) is 0.154. The Morgan fingerprint density at radius 2 is 2.18 bits per heavy atom. The second-order valence-electron chi connectivity index (χ2n) is 3.55. The van der Waals surface area contributed by atoms with Crippen molar-refractivity contribution < 1.29 is 4.74 Å². The first kappa shape index (κ1) is 11.9. The topological polar surface area (TPSA) is 34.1 Å². The van der Waals surface area contributed by atoms with Gasteiger partial charge in [0, 0.05) is 22.4 Å². The van der Waals surface area contributed by atoms with Crippen molar-refractivity contribution in [1.29, 1.82) is 0 Å². The van der Waals surface area contributed by atoms with E-state index in [1.165, 1.54) is 0 Å². The van der Waals surface area contributed by atoms with Gasteiger partial charge in [-0.25, -0.2) is 0 Å². The number of benzene rings is 1. The predicted molar refractivity (Wildman–Crippen MR) is 72.3 cm³/mol. The number of methoxy groups -OCH3 is 1. The van der Waals surface area contributed by atoms with Crippen LogP contribution in [0.2, 0.25) is 0 Å². The van der Waals surface area contributed by atoms with Gasteiger partial charge in [0.05, 0.1) is 19.3 Å². The van der Waals surface area contributed by atoms with E-state index in [-0.39, 0.29) is 0 Å². The molecule has 1 heterocycles. The molecule has 0 fully saturated rings. The van der Waals surface area contributed by atoms with E-state index in [1.807, 2.05) is 36.4 Å². The SMILES string of the molecule is COc1cccc(NCc2cc(Br)ccn2)c1. The lowest BCUT2D eigenvalue weighted by molar-refractivity contribution is 0.415. The monoisotopic (exact) mass is 292 g/mol. The molecule has 1 aromatic heterocycles. The molecule has 0 spiro atoms. The number of pyridine rings is 1. The van der Waals surface area contributed by atoms with Crippen LogP contribution in [0.4, 0.5) is 5.69 Å². The van der Waals surface area contributed by atoms with Crippen LogP contribution in [0.3, 0.4) is 0 Å². The Morgan fingerprint density at radius 1 is 1.29 bits per heavy atom. The van der Waals surface area contributed by atoms with Crippen molar-refractivity contribution in [1.82, 2.24) is 4.98 Å². The number of ether oxygens (including phenoxy) is 1. The van der Waals surface area contributed by atoms with Gasteiger partial charge in [0.15, 0.2) is 0 Å². The summed E-state index contributed by atoms with van der Waals surface area (Å²) in [6.45, 7) is 0.687. The number of hydrogen-bond donors (Lipinski definition) is 1. The average molecular weight is 293 g/mol. The fourth-order valence-corrected chi connectivity index (χ4v) is 1.85. The van der Waals surface area contributed by atoms with Crippen molar-refractivity contribution in [2.75, 3.05) is 12.4 Å². The molecule has 1 aromatic carbocycles. The van der Waals surface area contributed by atoms with Crippen LogP contribution in [0.15, 0.2) is 47.1 Å². The summed E-state index contributed by atoms with van der Waals surface area (Å²) >= 11 is 3.42. The molecule has 0 saturated carbocycles. The Labute approximate surface area is 109 Å². The number of nitrogens with zero attached hydrogens (tertiary/aromatic N) is 1. The first-order valence-electron chi connectivity index (χ1n) is 5.26. The first-order valence-corrected chi connectivity index (χ1v) is 6.05. The molecule has 0 saturated heterocycles. The summed E-state index contributed by atoms with van der Waals surface area (Å²) in [6, 6.07) is 11.7. The predicted octanol–water partition coefficient (Wildman–Crippen LogP) is 3.46. The molecule has 0 radical (unpaired) electrons. The van der Waals surface area contributed by atoms with Crippen LogP contribution < -0.4 is 10.1 Å². The van der Waals surface area contributed by atoms with Gasteiger partial charge in [0.25, 0.3) is 0 Å². The second kappa shape index (κ2) is 5.68. The van der Waals surface area contributed by atoms with Crippen LogP contribution in [0.25, 0.3) is 0 Å². The van der Waals surface area contributed by atoms with Crippen LogP contribution in [0.5, 0.6) is 5.75 Å². The summed E-state index contributed by atoms with van der Waals surface area (Å²) in [6.07, 6.45) is 1.78. The molecule has 4 heteroatoms. The molecule has 2 aromatic rings. The van der Waals surface area contributed by atoms with E-state index in [0.717, 1.165) is 21.6 Å². The number of rotatable bonds is 4. The summed E-state index contributed by atoms with van der Waals surface area (Å²) in [5.41, 5.74) is 2.01. The van der Waals surface area contributed by atoms with Crippen molar-refractivity contribution in [3.63, 3.8) is 0 Å². The Balaban J connectivity index is 2.02. The zero-order chi connectivity index (χ0) is 12.1. The molecule has 17 heavy (non-hydrogen) atoms. The molecule has 0 bridgehead atoms. The number of halogens is 1. The van der Waals surface area contributed by atoms with Gasteiger partial charge in [-0.15, -0.1) is 0 Å². The molecular formula is C13H13BrN2O. The molecular weight excluding hydrogens is 280 g/mol. The molecule has 0 aliphatic carbocycles. The third-order valence-electron chi connectivity index (χ3n) is 2.32. The summed E-state index contributed by atoms with van der Waals surface area (Å²) in [5.74, 6) is 0.845. The summed E-state index contributed by atoms with van der Waals surface area (Å²) in [7, 11) is 1.66. The minimum Gasteiger partial charge on any atom is -0.497 e. The number of anilines is 1. The van der Waals surface area contributed by atoms with E-state index in [4.69, 9.17) is 4.74 Å². The average Bonchev–Trinajstić information content (AvgIpc) is 2.37. The lowest BCUT2D eigenvalue weighted by atomic mass is 10.3. The molecule has 88 valence electrons. The quantitative estimate of drug-likeness (QED) is 0.937. The van der Waals surface area contributed by atoms with E-state index >= 15 is 0 Å². The third kappa shape index (κ3) is 3.46. The van der Waals surface area contributed by atoms with Crippen LogP contribution >= 0.6 is 15.9 Å². The van der Waals surface area contributed by atoms with Crippen LogP contribution in [-0.4, -0.2) is 12.1 Å². The molecule has 0 atom stereocenters. The van der Waals surface area contributed by atoms with Gasteiger partial charge in [-0.3, -0.25) is 4.98 Å².